The molecular weight excluding hydrogens is 210 g/mol. The summed E-state index contributed by atoms with van der Waals surface area (Å²) in [4.78, 5) is 27.0. The molecule has 0 spiro atoms. The van der Waals surface area contributed by atoms with Gasteiger partial charge in [-0.2, -0.15) is 0 Å². The Morgan fingerprint density at radius 2 is 2.06 bits per heavy atom. The quantitative estimate of drug-likeness (QED) is 0.577. The van der Waals surface area contributed by atoms with Gasteiger partial charge in [0.25, 0.3) is 0 Å². The molecule has 1 rings (SSSR count). The van der Waals surface area contributed by atoms with Crippen molar-refractivity contribution >= 4 is 12.1 Å². The molecule has 1 aliphatic rings. The maximum atomic E-state index is 11.3. The highest BCUT2D eigenvalue weighted by Crippen LogP contribution is 2.39. The normalized spacial score (nSPS) is 23.2. The molecule has 2 atom stereocenters. The molecule has 1 fully saturated rings. The third-order valence-corrected chi connectivity index (χ3v) is 2.08. The predicted molar refractivity (Wildman–Crippen MR) is 57.3 cm³/mol. The highest BCUT2D eigenvalue weighted by atomic mass is 16.7. The number of hydroxylamine groups is 1. The molecular formula is C11H17NO4. The summed E-state index contributed by atoms with van der Waals surface area (Å²) in [5.74, 6) is -0.448. The van der Waals surface area contributed by atoms with Gasteiger partial charge in [-0.05, 0) is 33.1 Å². The van der Waals surface area contributed by atoms with Crippen molar-refractivity contribution in [2.75, 3.05) is 0 Å². The third-order valence-electron chi connectivity index (χ3n) is 2.08. The van der Waals surface area contributed by atoms with Gasteiger partial charge in [-0.15, -0.1) is 12.1 Å². The fourth-order valence-corrected chi connectivity index (χ4v) is 1.21. The second kappa shape index (κ2) is 4.55. The van der Waals surface area contributed by atoms with E-state index < -0.39 is 17.7 Å². The summed E-state index contributed by atoms with van der Waals surface area (Å²) in [6.07, 6.45) is 1.68. The second-order valence-electron chi connectivity index (χ2n) is 4.77. The number of carbonyl (C=O) groups is 2. The van der Waals surface area contributed by atoms with E-state index in [1.165, 1.54) is 0 Å². The zero-order valence-electron chi connectivity index (χ0n) is 9.78. The van der Waals surface area contributed by atoms with Gasteiger partial charge in [0.1, 0.15) is 5.60 Å². The Bertz CT molecular complexity index is 306. The van der Waals surface area contributed by atoms with E-state index in [0.29, 0.717) is 0 Å². The number of hydrogen-bond acceptors (Lipinski definition) is 4. The Morgan fingerprint density at radius 3 is 2.50 bits per heavy atom. The first kappa shape index (κ1) is 12.5. The minimum absolute atomic E-state index is 0.174. The van der Waals surface area contributed by atoms with Crippen LogP contribution in [0.25, 0.3) is 0 Å². The van der Waals surface area contributed by atoms with E-state index in [1.807, 2.05) is 5.48 Å². The van der Waals surface area contributed by atoms with Crippen molar-refractivity contribution in [1.29, 1.82) is 0 Å². The van der Waals surface area contributed by atoms with Crippen LogP contribution in [-0.4, -0.2) is 17.7 Å². The molecule has 1 N–H and O–H groups in total. The minimum Gasteiger partial charge on any atom is -0.442 e. The van der Waals surface area contributed by atoms with Gasteiger partial charge in [0, 0.05) is 0 Å². The molecule has 1 aliphatic carbocycles. The molecule has 2 unspecified atom stereocenters. The fourth-order valence-electron chi connectivity index (χ4n) is 1.21. The molecule has 0 heterocycles. The van der Waals surface area contributed by atoms with Gasteiger partial charge in [-0.1, -0.05) is 6.08 Å². The Kier molecular flexibility index (Phi) is 3.57. The largest absolute Gasteiger partial charge is 0.442 e. The van der Waals surface area contributed by atoms with Gasteiger partial charge in [-0.3, -0.25) is 0 Å². The Labute approximate surface area is 94.7 Å². The van der Waals surface area contributed by atoms with Gasteiger partial charge < -0.3 is 9.57 Å². The van der Waals surface area contributed by atoms with Crippen LogP contribution in [-0.2, 0) is 14.4 Å². The van der Waals surface area contributed by atoms with Crippen LogP contribution < -0.4 is 5.48 Å². The first-order valence-electron chi connectivity index (χ1n) is 5.15. The molecule has 0 aromatic heterocycles. The van der Waals surface area contributed by atoms with E-state index in [-0.39, 0.29) is 11.8 Å². The standard InChI is InChI=1S/C11H17NO4/c1-5-7-6-8(7)9(13)16-12-10(14)15-11(2,3)4/h5,7-8H,1,6H2,2-4H3,(H,12,14). The topological polar surface area (TPSA) is 64.6 Å². The van der Waals surface area contributed by atoms with Crippen molar-refractivity contribution in [3.8, 4) is 0 Å². The van der Waals surface area contributed by atoms with E-state index in [0.717, 1.165) is 6.42 Å². The fraction of sp³-hybridized carbons (Fsp3) is 0.636. The molecule has 5 heteroatoms. The van der Waals surface area contributed by atoms with Gasteiger partial charge in [0.05, 0.1) is 5.92 Å². The molecule has 0 saturated heterocycles. The lowest BCUT2D eigenvalue weighted by Crippen LogP contribution is -2.34. The maximum Gasteiger partial charge on any atom is 0.441 e. The number of rotatable bonds is 2. The van der Waals surface area contributed by atoms with Crippen LogP contribution in [0, 0.1) is 11.8 Å². The van der Waals surface area contributed by atoms with Gasteiger partial charge in [-0.25, -0.2) is 9.59 Å². The molecule has 16 heavy (non-hydrogen) atoms. The molecule has 90 valence electrons. The maximum absolute atomic E-state index is 11.3. The molecule has 1 amide bonds. The summed E-state index contributed by atoms with van der Waals surface area (Å²) in [7, 11) is 0. The Balaban J connectivity index is 2.22. The third kappa shape index (κ3) is 3.92. The van der Waals surface area contributed by atoms with Crippen LogP contribution in [0.4, 0.5) is 4.79 Å². The van der Waals surface area contributed by atoms with E-state index in [9.17, 15) is 9.59 Å². The van der Waals surface area contributed by atoms with E-state index in [4.69, 9.17) is 4.74 Å². The van der Waals surface area contributed by atoms with Crippen LogP contribution >= 0.6 is 0 Å². The molecule has 0 radical (unpaired) electrons. The minimum atomic E-state index is -0.767. The first-order chi connectivity index (χ1) is 7.33. The summed E-state index contributed by atoms with van der Waals surface area (Å²) in [5, 5.41) is 0. The molecule has 0 aliphatic heterocycles. The summed E-state index contributed by atoms with van der Waals surface area (Å²) >= 11 is 0. The number of hydrogen-bond donors (Lipinski definition) is 1. The van der Waals surface area contributed by atoms with Gasteiger partial charge in [0.15, 0.2) is 0 Å². The van der Waals surface area contributed by atoms with Crippen LogP contribution in [0.15, 0.2) is 12.7 Å². The average Bonchev–Trinajstić information content (AvgIpc) is 2.90. The lowest BCUT2D eigenvalue weighted by atomic mass is 10.2. The van der Waals surface area contributed by atoms with Crippen LogP contribution in [0.5, 0.6) is 0 Å². The van der Waals surface area contributed by atoms with Gasteiger partial charge in [0.2, 0.25) is 0 Å². The first-order valence-corrected chi connectivity index (χ1v) is 5.15. The number of carbonyl (C=O) groups excluding carboxylic acids is 2. The summed E-state index contributed by atoms with van der Waals surface area (Å²) in [5.41, 5.74) is 1.35. The highest BCUT2D eigenvalue weighted by molar-refractivity contribution is 5.78. The van der Waals surface area contributed by atoms with Crippen molar-refractivity contribution in [2.24, 2.45) is 11.8 Å². The van der Waals surface area contributed by atoms with Crippen LogP contribution in [0.2, 0.25) is 0 Å². The molecule has 0 bridgehead atoms. The summed E-state index contributed by atoms with van der Waals surface area (Å²) in [6.45, 7) is 8.75. The van der Waals surface area contributed by atoms with Crippen LogP contribution in [0.3, 0.4) is 0 Å². The summed E-state index contributed by atoms with van der Waals surface area (Å²) < 4.78 is 4.89. The van der Waals surface area contributed by atoms with E-state index in [2.05, 4.69) is 11.4 Å². The number of amides is 1. The Morgan fingerprint density at radius 1 is 1.44 bits per heavy atom. The van der Waals surface area contributed by atoms with Crippen molar-refractivity contribution < 1.29 is 19.2 Å². The zero-order valence-corrected chi connectivity index (χ0v) is 9.78. The number of allylic oxidation sites excluding steroid dienone is 1. The average molecular weight is 227 g/mol. The SMILES string of the molecule is C=CC1CC1C(=O)ONC(=O)OC(C)(C)C. The predicted octanol–water partition coefficient (Wildman–Crippen LogP) is 1.79. The van der Waals surface area contributed by atoms with E-state index in [1.54, 1.807) is 26.8 Å². The smallest absolute Gasteiger partial charge is 0.441 e. The van der Waals surface area contributed by atoms with Crippen molar-refractivity contribution in [1.82, 2.24) is 5.48 Å². The lowest BCUT2D eigenvalue weighted by molar-refractivity contribution is -0.152. The summed E-state index contributed by atoms with van der Waals surface area (Å²) in [6, 6.07) is 0. The van der Waals surface area contributed by atoms with E-state index >= 15 is 0 Å². The Hall–Kier alpha value is -1.52. The molecule has 1 saturated carbocycles. The number of nitrogens with one attached hydrogen (secondary N) is 1. The second-order valence-corrected chi connectivity index (χ2v) is 4.77. The molecule has 0 aromatic rings. The van der Waals surface area contributed by atoms with Crippen molar-refractivity contribution in [3.63, 3.8) is 0 Å². The monoisotopic (exact) mass is 227 g/mol. The molecule has 0 aromatic carbocycles. The van der Waals surface area contributed by atoms with Gasteiger partial charge >= 0.3 is 12.1 Å². The zero-order chi connectivity index (χ0) is 12.3. The van der Waals surface area contributed by atoms with Crippen LogP contribution in [0.1, 0.15) is 27.2 Å². The number of ether oxygens (including phenoxy) is 1. The van der Waals surface area contributed by atoms with Crippen molar-refractivity contribution in [2.45, 2.75) is 32.8 Å². The lowest BCUT2D eigenvalue weighted by Gasteiger charge is -2.19. The highest BCUT2D eigenvalue weighted by Gasteiger charge is 2.42. The molecule has 5 nitrogen and oxygen atoms in total. The van der Waals surface area contributed by atoms with Crippen molar-refractivity contribution in [3.05, 3.63) is 12.7 Å².